The molecule has 0 unspecified atom stereocenters. The third kappa shape index (κ3) is 5.06. The maximum atomic E-state index is 13.4. The van der Waals surface area contributed by atoms with Crippen molar-refractivity contribution < 1.29 is 14.3 Å². The van der Waals surface area contributed by atoms with Crippen molar-refractivity contribution in [2.75, 3.05) is 33.4 Å². The molecule has 0 saturated carbocycles. The predicted molar refractivity (Wildman–Crippen MR) is 116 cm³/mol. The SMILES string of the molecule is CCCC(=O)N(CCOC)CC(=O)N1CCc2sccc2[C@@H]1c1ccc(C)cc1. The van der Waals surface area contributed by atoms with Crippen molar-refractivity contribution in [3.8, 4) is 0 Å². The predicted octanol–water partition coefficient (Wildman–Crippen LogP) is 3.81. The van der Waals surface area contributed by atoms with Crippen molar-refractivity contribution in [2.45, 2.75) is 39.2 Å². The van der Waals surface area contributed by atoms with Gasteiger partial charge in [-0.3, -0.25) is 9.59 Å². The van der Waals surface area contributed by atoms with Crippen LogP contribution >= 0.6 is 11.3 Å². The van der Waals surface area contributed by atoms with Crippen molar-refractivity contribution in [1.82, 2.24) is 9.80 Å². The number of carbonyl (C=O) groups is 2. The second-order valence-electron chi connectivity index (χ2n) is 7.51. The van der Waals surface area contributed by atoms with E-state index in [0.717, 1.165) is 18.4 Å². The van der Waals surface area contributed by atoms with E-state index in [2.05, 4.69) is 42.6 Å². The number of rotatable bonds is 8. The van der Waals surface area contributed by atoms with Crippen LogP contribution in [0.3, 0.4) is 0 Å². The van der Waals surface area contributed by atoms with Crippen LogP contribution in [-0.2, 0) is 20.7 Å². The summed E-state index contributed by atoms with van der Waals surface area (Å²) in [7, 11) is 1.61. The van der Waals surface area contributed by atoms with Gasteiger partial charge in [-0.05, 0) is 42.3 Å². The van der Waals surface area contributed by atoms with Crippen molar-refractivity contribution in [3.63, 3.8) is 0 Å². The average molecular weight is 415 g/mol. The highest BCUT2D eigenvalue weighted by Crippen LogP contribution is 2.37. The number of benzene rings is 1. The van der Waals surface area contributed by atoms with Crippen LogP contribution in [0.1, 0.15) is 47.4 Å². The summed E-state index contributed by atoms with van der Waals surface area (Å²) in [5.74, 6) is 0.00555. The van der Waals surface area contributed by atoms with Gasteiger partial charge in [0.15, 0.2) is 0 Å². The molecule has 156 valence electrons. The molecule has 0 aliphatic carbocycles. The number of nitrogens with zero attached hydrogens (tertiary/aromatic N) is 2. The molecule has 0 spiro atoms. The van der Waals surface area contributed by atoms with Crippen molar-refractivity contribution in [1.29, 1.82) is 0 Å². The molecule has 0 fully saturated rings. The quantitative estimate of drug-likeness (QED) is 0.660. The molecule has 1 aliphatic heterocycles. The van der Waals surface area contributed by atoms with Gasteiger partial charge in [0.25, 0.3) is 0 Å². The minimum atomic E-state index is -0.0938. The van der Waals surface area contributed by atoms with Gasteiger partial charge < -0.3 is 14.5 Å². The van der Waals surface area contributed by atoms with Crippen molar-refractivity contribution >= 4 is 23.2 Å². The van der Waals surface area contributed by atoms with Crippen molar-refractivity contribution in [3.05, 3.63) is 57.3 Å². The van der Waals surface area contributed by atoms with Crippen LogP contribution in [0.25, 0.3) is 0 Å². The Morgan fingerprint density at radius 2 is 2.00 bits per heavy atom. The molecular formula is C23H30N2O3S. The monoisotopic (exact) mass is 414 g/mol. The number of methoxy groups -OCH3 is 1. The van der Waals surface area contributed by atoms with E-state index in [9.17, 15) is 9.59 Å². The topological polar surface area (TPSA) is 49.9 Å². The summed E-state index contributed by atoms with van der Waals surface area (Å²) in [6.07, 6.45) is 2.08. The number of ether oxygens (including phenoxy) is 1. The number of aryl methyl sites for hydroxylation is 1. The zero-order chi connectivity index (χ0) is 20.8. The molecule has 2 aromatic rings. The number of fused-ring (bicyclic) bond motifs is 1. The molecule has 2 amide bonds. The standard InChI is InChI=1S/C23H30N2O3S/c1-4-5-21(26)24(13-14-28-3)16-22(27)25-12-10-20-19(11-15-29-20)23(25)18-8-6-17(2)7-9-18/h6-9,11,15,23H,4-5,10,12-14,16H2,1-3H3/t23-/m0/s1. The minimum absolute atomic E-state index is 0.00650. The number of carbonyl (C=O) groups excluding carboxylic acids is 2. The van der Waals surface area contributed by atoms with Crippen LogP contribution in [0.15, 0.2) is 35.7 Å². The van der Waals surface area contributed by atoms with Gasteiger partial charge in [-0.1, -0.05) is 36.8 Å². The van der Waals surface area contributed by atoms with Gasteiger partial charge in [0.2, 0.25) is 11.8 Å². The highest BCUT2D eigenvalue weighted by molar-refractivity contribution is 7.10. The zero-order valence-electron chi connectivity index (χ0n) is 17.5. The normalized spacial score (nSPS) is 15.8. The summed E-state index contributed by atoms with van der Waals surface area (Å²) in [6, 6.07) is 10.4. The molecule has 0 bridgehead atoms. The number of hydrogen-bond acceptors (Lipinski definition) is 4. The van der Waals surface area contributed by atoms with E-state index < -0.39 is 0 Å². The third-order valence-corrected chi connectivity index (χ3v) is 6.38. The molecule has 1 atom stereocenters. The van der Waals surface area contributed by atoms with Gasteiger partial charge in [-0.25, -0.2) is 0 Å². The minimum Gasteiger partial charge on any atom is -0.383 e. The van der Waals surface area contributed by atoms with E-state index in [4.69, 9.17) is 4.74 Å². The van der Waals surface area contributed by atoms with Crippen molar-refractivity contribution in [2.24, 2.45) is 0 Å². The lowest BCUT2D eigenvalue weighted by molar-refractivity contribution is -0.142. The summed E-state index contributed by atoms with van der Waals surface area (Å²) in [6.45, 7) is 5.68. The fourth-order valence-corrected chi connectivity index (χ4v) is 4.72. The average Bonchev–Trinajstić information content (AvgIpc) is 3.20. The Bertz CT molecular complexity index is 831. The second-order valence-corrected chi connectivity index (χ2v) is 8.51. The van der Waals surface area contributed by atoms with Gasteiger partial charge in [-0.15, -0.1) is 11.3 Å². The lowest BCUT2D eigenvalue weighted by Crippen LogP contribution is -2.47. The third-order valence-electron chi connectivity index (χ3n) is 5.39. The maximum absolute atomic E-state index is 13.4. The van der Waals surface area contributed by atoms with Gasteiger partial charge >= 0.3 is 0 Å². The fraction of sp³-hybridized carbons (Fsp3) is 0.478. The molecule has 3 rings (SSSR count). The van der Waals surface area contributed by atoms with E-state index >= 15 is 0 Å². The van der Waals surface area contributed by atoms with Gasteiger partial charge in [0.05, 0.1) is 19.2 Å². The molecule has 0 N–H and O–H groups in total. The first-order valence-electron chi connectivity index (χ1n) is 10.2. The fourth-order valence-electron chi connectivity index (χ4n) is 3.81. The van der Waals surface area contributed by atoms with Gasteiger partial charge in [0, 0.05) is 31.5 Å². The van der Waals surface area contributed by atoms with E-state index in [0.29, 0.717) is 26.1 Å². The number of hydrogen-bond donors (Lipinski definition) is 0. The van der Waals surface area contributed by atoms with E-state index in [1.807, 2.05) is 11.8 Å². The Morgan fingerprint density at radius 1 is 1.24 bits per heavy atom. The Kier molecular flexibility index (Phi) is 7.45. The Hall–Kier alpha value is -2.18. The van der Waals surface area contributed by atoms with E-state index in [-0.39, 0.29) is 24.4 Å². The number of thiophene rings is 1. The Labute approximate surface area is 177 Å². The zero-order valence-corrected chi connectivity index (χ0v) is 18.3. The molecule has 2 heterocycles. The van der Waals surface area contributed by atoms with E-state index in [1.165, 1.54) is 16.0 Å². The lowest BCUT2D eigenvalue weighted by Gasteiger charge is -2.37. The van der Waals surface area contributed by atoms with E-state index in [1.54, 1.807) is 23.3 Å². The first-order chi connectivity index (χ1) is 14.0. The molecule has 1 aromatic carbocycles. The van der Waals surface area contributed by atoms with Crippen LogP contribution in [0, 0.1) is 6.92 Å². The van der Waals surface area contributed by atoms with Crippen LogP contribution in [0.2, 0.25) is 0 Å². The summed E-state index contributed by atoms with van der Waals surface area (Å²) < 4.78 is 5.15. The summed E-state index contributed by atoms with van der Waals surface area (Å²) >= 11 is 1.76. The molecule has 5 nitrogen and oxygen atoms in total. The van der Waals surface area contributed by atoms with Gasteiger partial charge in [0.1, 0.15) is 0 Å². The maximum Gasteiger partial charge on any atom is 0.242 e. The Morgan fingerprint density at radius 3 is 2.69 bits per heavy atom. The van der Waals surface area contributed by atoms with Crippen LogP contribution < -0.4 is 0 Å². The first-order valence-corrected chi connectivity index (χ1v) is 11.1. The molecule has 1 aliphatic rings. The summed E-state index contributed by atoms with van der Waals surface area (Å²) in [4.78, 5) is 30.8. The van der Waals surface area contributed by atoms with Crippen LogP contribution in [0.5, 0.6) is 0 Å². The molecule has 29 heavy (non-hydrogen) atoms. The summed E-state index contributed by atoms with van der Waals surface area (Å²) in [5.41, 5.74) is 3.53. The molecule has 1 aromatic heterocycles. The molecule has 6 heteroatoms. The second kappa shape index (κ2) is 10.0. The highest BCUT2D eigenvalue weighted by Gasteiger charge is 2.33. The highest BCUT2D eigenvalue weighted by atomic mass is 32.1. The molecule has 0 saturated heterocycles. The first kappa shape index (κ1) is 21.5. The molecule has 0 radical (unpaired) electrons. The van der Waals surface area contributed by atoms with Crippen LogP contribution in [0.4, 0.5) is 0 Å². The number of amides is 2. The lowest BCUT2D eigenvalue weighted by atomic mass is 9.92. The van der Waals surface area contributed by atoms with Crippen LogP contribution in [-0.4, -0.2) is 55.0 Å². The van der Waals surface area contributed by atoms with Gasteiger partial charge in [-0.2, -0.15) is 0 Å². The molecular weight excluding hydrogens is 384 g/mol. The smallest absolute Gasteiger partial charge is 0.242 e. The largest absolute Gasteiger partial charge is 0.383 e. The Balaban J connectivity index is 1.85. The summed E-state index contributed by atoms with van der Waals surface area (Å²) in [5, 5.41) is 2.11.